The van der Waals surface area contributed by atoms with Crippen molar-refractivity contribution in [3.8, 4) is 0 Å². The molecular formula is C17H15N3O4. The zero-order valence-electron chi connectivity index (χ0n) is 13.0. The van der Waals surface area contributed by atoms with Gasteiger partial charge in [-0.2, -0.15) is 0 Å². The number of carbonyl (C=O) groups is 1. The number of nitro benzene ring substituents is 1. The molecule has 0 aliphatic rings. The Morgan fingerprint density at radius 1 is 1.21 bits per heavy atom. The molecular weight excluding hydrogens is 310 g/mol. The number of fused-ring (bicyclic) bond motifs is 1. The average Bonchev–Trinajstić information content (AvgIpc) is 2.98. The van der Waals surface area contributed by atoms with Crippen molar-refractivity contribution in [2.24, 2.45) is 0 Å². The summed E-state index contributed by atoms with van der Waals surface area (Å²) in [5.74, 6) is -0.188. The molecule has 0 saturated carbocycles. The lowest BCUT2D eigenvalue weighted by molar-refractivity contribution is -0.385. The predicted octanol–water partition coefficient (Wildman–Crippen LogP) is 2.94. The summed E-state index contributed by atoms with van der Waals surface area (Å²) in [6, 6.07) is 13.7. The first kappa shape index (κ1) is 15.7. The van der Waals surface area contributed by atoms with Crippen LogP contribution in [-0.4, -0.2) is 27.9 Å². The number of benzene rings is 2. The number of likely N-dealkylation sites (N-methyl/N-ethyl adjacent to an activating group) is 1. The van der Waals surface area contributed by atoms with Crippen molar-refractivity contribution in [3.05, 3.63) is 69.9 Å². The second kappa shape index (κ2) is 6.49. The van der Waals surface area contributed by atoms with E-state index in [0.29, 0.717) is 16.8 Å². The summed E-state index contributed by atoms with van der Waals surface area (Å²) in [6.45, 7) is 0.159. The SMILES string of the molecule is CN(Cc1ccccc1[N+](=O)[O-])C(=O)Cc1noc2ccccc12. The highest BCUT2D eigenvalue weighted by Gasteiger charge is 2.19. The van der Waals surface area contributed by atoms with Crippen LogP contribution in [0.15, 0.2) is 53.1 Å². The molecule has 0 saturated heterocycles. The maximum Gasteiger partial charge on any atom is 0.274 e. The van der Waals surface area contributed by atoms with Gasteiger partial charge in [0, 0.05) is 24.1 Å². The number of nitrogens with zero attached hydrogens (tertiary/aromatic N) is 3. The van der Waals surface area contributed by atoms with Gasteiger partial charge in [-0.05, 0) is 12.1 Å². The number of hydrogen-bond acceptors (Lipinski definition) is 5. The molecule has 1 amide bonds. The molecule has 0 fully saturated rings. The van der Waals surface area contributed by atoms with Crippen molar-refractivity contribution in [2.75, 3.05) is 7.05 Å². The molecule has 122 valence electrons. The summed E-state index contributed by atoms with van der Waals surface area (Å²) >= 11 is 0. The Morgan fingerprint density at radius 2 is 1.92 bits per heavy atom. The van der Waals surface area contributed by atoms with Gasteiger partial charge < -0.3 is 9.42 Å². The summed E-state index contributed by atoms with van der Waals surface area (Å²) in [4.78, 5) is 24.5. The first-order valence-electron chi connectivity index (χ1n) is 7.36. The van der Waals surface area contributed by atoms with Gasteiger partial charge in [-0.25, -0.2) is 0 Å². The molecule has 24 heavy (non-hydrogen) atoms. The highest BCUT2D eigenvalue weighted by molar-refractivity contribution is 5.86. The Hall–Kier alpha value is -3.22. The molecule has 3 aromatic rings. The third-order valence-corrected chi connectivity index (χ3v) is 3.79. The molecule has 7 nitrogen and oxygen atoms in total. The van der Waals surface area contributed by atoms with Gasteiger partial charge in [-0.15, -0.1) is 0 Å². The minimum atomic E-state index is -0.446. The maximum absolute atomic E-state index is 12.4. The van der Waals surface area contributed by atoms with E-state index in [9.17, 15) is 14.9 Å². The zero-order chi connectivity index (χ0) is 17.1. The Balaban J connectivity index is 1.75. The van der Waals surface area contributed by atoms with Gasteiger partial charge in [0.2, 0.25) is 5.91 Å². The van der Waals surface area contributed by atoms with E-state index in [1.807, 2.05) is 18.2 Å². The van der Waals surface area contributed by atoms with E-state index in [0.717, 1.165) is 5.39 Å². The molecule has 7 heteroatoms. The van der Waals surface area contributed by atoms with Crippen LogP contribution in [0.25, 0.3) is 11.0 Å². The minimum Gasteiger partial charge on any atom is -0.356 e. The van der Waals surface area contributed by atoms with Crippen molar-refractivity contribution in [1.82, 2.24) is 10.1 Å². The number of carbonyl (C=O) groups excluding carboxylic acids is 1. The van der Waals surface area contributed by atoms with Crippen LogP contribution in [0.1, 0.15) is 11.3 Å². The number of aromatic nitrogens is 1. The van der Waals surface area contributed by atoms with Gasteiger partial charge >= 0.3 is 0 Å². The molecule has 3 rings (SSSR count). The van der Waals surface area contributed by atoms with E-state index in [1.54, 1.807) is 31.3 Å². The third kappa shape index (κ3) is 3.10. The molecule has 0 atom stereocenters. The van der Waals surface area contributed by atoms with Crippen molar-refractivity contribution in [2.45, 2.75) is 13.0 Å². The van der Waals surface area contributed by atoms with Crippen LogP contribution in [0.3, 0.4) is 0 Å². The molecule has 0 aliphatic carbocycles. The number of para-hydroxylation sites is 2. The first-order valence-corrected chi connectivity index (χ1v) is 7.36. The van der Waals surface area contributed by atoms with Crippen LogP contribution >= 0.6 is 0 Å². The molecule has 1 heterocycles. The van der Waals surface area contributed by atoms with Gasteiger partial charge in [0.15, 0.2) is 5.58 Å². The highest BCUT2D eigenvalue weighted by atomic mass is 16.6. The van der Waals surface area contributed by atoms with Crippen molar-refractivity contribution < 1.29 is 14.2 Å². The smallest absolute Gasteiger partial charge is 0.274 e. The molecule has 0 bridgehead atoms. The second-order valence-corrected chi connectivity index (χ2v) is 5.44. The Labute approximate surface area is 137 Å². The topological polar surface area (TPSA) is 89.5 Å². The van der Waals surface area contributed by atoms with E-state index in [1.165, 1.54) is 11.0 Å². The van der Waals surface area contributed by atoms with Crippen LogP contribution in [0, 0.1) is 10.1 Å². The fourth-order valence-corrected chi connectivity index (χ4v) is 2.51. The normalized spacial score (nSPS) is 10.7. The van der Waals surface area contributed by atoms with Crippen LogP contribution < -0.4 is 0 Å². The number of hydrogen-bond donors (Lipinski definition) is 0. The van der Waals surface area contributed by atoms with Gasteiger partial charge in [-0.1, -0.05) is 35.5 Å². The van der Waals surface area contributed by atoms with Gasteiger partial charge in [0.05, 0.1) is 17.9 Å². The minimum absolute atomic E-state index is 0.00374. The molecule has 2 aromatic carbocycles. The Bertz CT molecular complexity index is 903. The lowest BCUT2D eigenvalue weighted by Gasteiger charge is -2.16. The first-order chi connectivity index (χ1) is 11.6. The van der Waals surface area contributed by atoms with Crippen LogP contribution in [0.4, 0.5) is 5.69 Å². The van der Waals surface area contributed by atoms with Gasteiger partial charge in [0.25, 0.3) is 5.69 Å². The predicted molar refractivity (Wildman–Crippen MR) is 87.3 cm³/mol. The molecule has 0 aliphatic heterocycles. The summed E-state index contributed by atoms with van der Waals surface area (Å²) in [5, 5.41) is 15.8. The lowest BCUT2D eigenvalue weighted by atomic mass is 10.1. The zero-order valence-corrected chi connectivity index (χ0v) is 13.0. The summed E-state index contributed by atoms with van der Waals surface area (Å²) in [6.07, 6.45) is 0.0775. The van der Waals surface area contributed by atoms with Gasteiger partial charge in [-0.3, -0.25) is 14.9 Å². The third-order valence-electron chi connectivity index (χ3n) is 3.79. The molecule has 0 radical (unpaired) electrons. The van der Waals surface area contributed by atoms with Crippen molar-refractivity contribution in [3.63, 3.8) is 0 Å². The number of rotatable bonds is 5. The largest absolute Gasteiger partial charge is 0.356 e. The summed E-state index contributed by atoms with van der Waals surface area (Å²) in [5.41, 5.74) is 1.68. The fraction of sp³-hybridized carbons (Fsp3) is 0.176. The monoisotopic (exact) mass is 325 g/mol. The summed E-state index contributed by atoms with van der Waals surface area (Å²) < 4.78 is 5.19. The molecule has 0 N–H and O–H groups in total. The fourth-order valence-electron chi connectivity index (χ4n) is 2.51. The van der Waals surface area contributed by atoms with E-state index >= 15 is 0 Å². The van der Waals surface area contributed by atoms with E-state index in [4.69, 9.17) is 4.52 Å². The lowest BCUT2D eigenvalue weighted by Crippen LogP contribution is -2.28. The van der Waals surface area contributed by atoms with E-state index < -0.39 is 4.92 Å². The molecule has 0 spiro atoms. The highest BCUT2D eigenvalue weighted by Crippen LogP contribution is 2.21. The quantitative estimate of drug-likeness (QED) is 0.531. The van der Waals surface area contributed by atoms with Crippen molar-refractivity contribution in [1.29, 1.82) is 0 Å². The summed E-state index contributed by atoms with van der Waals surface area (Å²) in [7, 11) is 1.61. The standard InChI is InChI=1S/C17H15N3O4/c1-19(11-12-6-2-4-8-15(12)20(22)23)17(21)10-14-13-7-3-5-9-16(13)24-18-14/h2-9H,10-11H2,1H3. The number of nitro groups is 1. The number of amides is 1. The van der Waals surface area contributed by atoms with E-state index in [2.05, 4.69) is 5.16 Å². The molecule has 0 unspecified atom stereocenters. The Kier molecular flexibility index (Phi) is 4.24. The Morgan fingerprint density at radius 3 is 2.71 bits per heavy atom. The van der Waals surface area contributed by atoms with Crippen LogP contribution in [0.5, 0.6) is 0 Å². The molecule has 1 aromatic heterocycles. The van der Waals surface area contributed by atoms with Crippen molar-refractivity contribution >= 4 is 22.6 Å². The van der Waals surface area contributed by atoms with Gasteiger partial charge in [0.1, 0.15) is 5.69 Å². The maximum atomic E-state index is 12.4. The van der Waals surface area contributed by atoms with Crippen LogP contribution in [-0.2, 0) is 17.8 Å². The van der Waals surface area contributed by atoms with Crippen LogP contribution in [0.2, 0.25) is 0 Å². The average molecular weight is 325 g/mol. The second-order valence-electron chi connectivity index (χ2n) is 5.44. The van der Waals surface area contributed by atoms with E-state index in [-0.39, 0.29) is 24.6 Å².